The Bertz CT molecular complexity index is 728. The third-order valence-electron chi connectivity index (χ3n) is 3.77. The second kappa shape index (κ2) is 6.62. The average Bonchev–Trinajstić information content (AvgIpc) is 3.40. The van der Waals surface area contributed by atoms with Crippen molar-refractivity contribution in [2.24, 2.45) is 5.16 Å². The van der Waals surface area contributed by atoms with Crippen LogP contribution in [0.25, 0.3) is 0 Å². The number of benzene rings is 2. The van der Waals surface area contributed by atoms with Crippen molar-refractivity contribution >= 4 is 11.6 Å². The van der Waals surface area contributed by atoms with Gasteiger partial charge in [-0.15, -0.1) is 0 Å². The molecule has 0 aliphatic carbocycles. The van der Waals surface area contributed by atoms with Crippen LogP contribution in [0.2, 0.25) is 0 Å². The zero-order chi connectivity index (χ0) is 16.2. The maximum atomic E-state index is 12.1. The highest BCUT2D eigenvalue weighted by atomic mass is 16.6. The SMILES string of the molecule is CNC(=O)C(=NOC)c1ccccc1[C@@H]1O[C@@H]1c1ccccc1. The molecule has 3 rings (SSSR count). The largest absolute Gasteiger partial charge is 0.398 e. The van der Waals surface area contributed by atoms with Gasteiger partial charge in [0.25, 0.3) is 5.91 Å². The standard InChI is InChI=1S/C18H18N2O3/c1-19-18(21)15(20-22-2)13-10-6-7-11-14(13)17-16(23-17)12-8-4-3-5-9-12/h3-11,16-17H,1-2H3,(H,19,21)/t16-,17+/m1/s1. The van der Waals surface area contributed by atoms with Crippen LogP contribution in [-0.4, -0.2) is 25.8 Å². The zero-order valence-corrected chi connectivity index (χ0v) is 13.0. The summed E-state index contributed by atoms with van der Waals surface area (Å²) >= 11 is 0. The minimum atomic E-state index is -0.295. The smallest absolute Gasteiger partial charge is 0.273 e. The Kier molecular flexibility index (Phi) is 4.39. The van der Waals surface area contributed by atoms with E-state index in [4.69, 9.17) is 9.57 Å². The van der Waals surface area contributed by atoms with Crippen molar-refractivity contribution in [2.45, 2.75) is 12.2 Å². The van der Waals surface area contributed by atoms with Crippen molar-refractivity contribution in [3.05, 3.63) is 71.3 Å². The molecule has 1 aliphatic heterocycles. The van der Waals surface area contributed by atoms with E-state index in [0.29, 0.717) is 0 Å². The molecule has 1 N–H and O–H groups in total. The van der Waals surface area contributed by atoms with E-state index in [0.717, 1.165) is 16.7 Å². The summed E-state index contributed by atoms with van der Waals surface area (Å²) < 4.78 is 5.84. The van der Waals surface area contributed by atoms with Gasteiger partial charge in [-0.05, 0) is 11.1 Å². The fraction of sp³-hybridized carbons (Fsp3) is 0.222. The van der Waals surface area contributed by atoms with Gasteiger partial charge in [0, 0.05) is 12.6 Å². The third-order valence-corrected chi connectivity index (χ3v) is 3.77. The molecule has 1 fully saturated rings. The van der Waals surface area contributed by atoms with Gasteiger partial charge in [0.15, 0.2) is 5.71 Å². The maximum absolute atomic E-state index is 12.1. The molecule has 2 aromatic rings. The molecule has 118 valence electrons. The first-order valence-electron chi connectivity index (χ1n) is 7.39. The van der Waals surface area contributed by atoms with Gasteiger partial charge in [-0.1, -0.05) is 59.8 Å². The molecule has 0 bridgehead atoms. The van der Waals surface area contributed by atoms with Crippen molar-refractivity contribution in [3.8, 4) is 0 Å². The number of amides is 1. The van der Waals surface area contributed by atoms with Gasteiger partial charge >= 0.3 is 0 Å². The number of likely N-dealkylation sites (N-methyl/N-ethyl adjacent to an activating group) is 1. The Morgan fingerprint density at radius 1 is 1.09 bits per heavy atom. The van der Waals surface area contributed by atoms with E-state index in [1.54, 1.807) is 7.05 Å². The fourth-order valence-electron chi connectivity index (χ4n) is 2.63. The van der Waals surface area contributed by atoms with Gasteiger partial charge in [-0.2, -0.15) is 0 Å². The van der Waals surface area contributed by atoms with Gasteiger partial charge < -0.3 is 14.9 Å². The number of nitrogens with one attached hydrogen (secondary N) is 1. The third kappa shape index (κ3) is 3.10. The van der Waals surface area contributed by atoms with Crippen LogP contribution in [0.4, 0.5) is 0 Å². The second-order valence-corrected chi connectivity index (χ2v) is 5.18. The summed E-state index contributed by atoms with van der Waals surface area (Å²) in [6.07, 6.45) is -0.0776. The predicted molar refractivity (Wildman–Crippen MR) is 87.1 cm³/mol. The molecule has 0 saturated carbocycles. The highest BCUT2D eigenvalue weighted by molar-refractivity contribution is 6.45. The summed E-state index contributed by atoms with van der Waals surface area (Å²) in [5, 5.41) is 6.47. The molecule has 5 heteroatoms. The summed E-state index contributed by atoms with van der Waals surface area (Å²) in [5.41, 5.74) is 3.02. The summed E-state index contributed by atoms with van der Waals surface area (Å²) in [6, 6.07) is 17.6. The molecule has 1 heterocycles. The van der Waals surface area contributed by atoms with Gasteiger partial charge in [0.05, 0.1) is 0 Å². The Balaban J connectivity index is 1.93. The van der Waals surface area contributed by atoms with Crippen LogP contribution < -0.4 is 5.32 Å². The fourth-order valence-corrected chi connectivity index (χ4v) is 2.63. The van der Waals surface area contributed by atoms with Crippen LogP contribution >= 0.6 is 0 Å². The topological polar surface area (TPSA) is 63.2 Å². The first-order valence-corrected chi connectivity index (χ1v) is 7.39. The van der Waals surface area contributed by atoms with Crippen molar-refractivity contribution in [1.82, 2.24) is 5.32 Å². The Morgan fingerprint density at radius 3 is 2.48 bits per heavy atom. The van der Waals surface area contributed by atoms with Crippen molar-refractivity contribution in [3.63, 3.8) is 0 Å². The van der Waals surface area contributed by atoms with Crippen LogP contribution in [0.15, 0.2) is 59.8 Å². The minimum Gasteiger partial charge on any atom is -0.398 e. The van der Waals surface area contributed by atoms with Crippen molar-refractivity contribution < 1.29 is 14.4 Å². The lowest BCUT2D eigenvalue weighted by atomic mass is 9.96. The Hall–Kier alpha value is -2.66. The molecule has 5 nitrogen and oxygen atoms in total. The van der Waals surface area contributed by atoms with Crippen LogP contribution in [0, 0.1) is 0 Å². The lowest BCUT2D eigenvalue weighted by molar-refractivity contribution is -0.114. The monoisotopic (exact) mass is 310 g/mol. The number of carbonyl (C=O) groups excluding carboxylic acids is 1. The first-order chi connectivity index (χ1) is 11.3. The van der Waals surface area contributed by atoms with Crippen molar-refractivity contribution in [1.29, 1.82) is 0 Å². The zero-order valence-electron chi connectivity index (χ0n) is 13.0. The molecular weight excluding hydrogens is 292 g/mol. The molecule has 1 saturated heterocycles. The number of ether oxygens (including phenoxy) is 1. The van der Waals surface area contributed by atoms with E-state index in [9.17, 15) is 4.79 Å². The lowest BCUT2D eigenvalue weighted by Crippen LogP contribution is -2.29. The number of nitrogens with zero attached hydrogens (tertiary/aromatic N) is 1. The van der Waals surface area contributed by atoms with E-state index in [1.807, 2.05) is 54.6 Å². The number of hydrogen-bond donors (Lipinski definition) is 1. The molecule has 0 spiro atoms. The molecule has 0 unspecified atom stereocenters. The minimum absolute atomic E-state index is 0.00540. The Labute approximate surface area is 134 Å². The molecule has 0 radical (unpaired) electrons. The number of epoxide rings is 1. The van der Waals surface area contributed by atoms with Gasteiger partial charge in [0.1, 0.15) is 19.3 Å². The average molecular weight is 310 g/mol. The van der Waals surface area contributed by atoms with Gasteiger partial charge in [-0.3, -0.25) is 4.79 Å². The molecule has 1 amide bonds. The summed E-state index contributed by atoms with van der Waals surface area (Å²) in [7, 11) is 2.99. The van der Waals surface area contributed by atoms with E-state index in [2.05, 4.69) is 10.5 Å². The first kappa shape index (κ1) is 15.2. The van der Waals surface area contributed by atoms with Crippen LogP contribution in [0.5, 0.6) is 0 Å². The van der Waals surface area contributed by atoms with Gasteiger partial charge in [0.2, 0.25) is 0 Å². The molecule has 1 aliphatic rings. The number of hydrogen-bond acceptors (Lipinski definition) is 4. The normalized spacial score (nSPS) is 20.0. The predicted octanol–water partition coefficient (Wildman–Crippen LogP) is 2.60. The lowest BCUT2D eigenvalue weighted by Gasteiger charge is -2.09. The Morgan fingerprint density at radius 2 is 1.78 bits per heavy atom. The molecule has 2 aromatic carbocycles. The quantitative estimate of drug-likeness (QED) is 0.524. The van der Waals surface area contributed by atoms with Crippen molar-refractivity contribution in [2.75, 3.05) is 14.2 Å². The van der Waals surface area contributed by atoms with Crippen LogP contribution in [0.1, 0.15) is 28.9 Å². The number of oxime groups is 1. The molecule has 0 aromatic heterocycles. The van der Waals surface area contributed by atoms with E-state index < -0.39 is 0 Å². The van der Waals surface area contributed by atoms with E-state index in [-0.39, 0.29) is 23.8 Å². The summed E-state index contributed by atoms with van der Waals surface area (Å²) in [6.45, 7) is 0. The van der Waals surface area contributed by atoms with Crippen LogP contribution in [0.3, 0.4) is 0 Å². The second-order valence-electron chi connectivity index (χ2n) is 5.18. The number of rotatable bonds is 5. The number of carbonyl (C=O) groups is 1. The van der Waals surface area contributed by atoms with E-state index in [1.165, 1.54) is 7.11 Å². The summed E-state index contributed by atoms with van der Waals surface area (Å²) in [5.74, 6) is -0.295. The van der Waals surface area contributed by atoms with Crippen LogP contribution in [-0.2, 0) is 14.4 Å². The highest BCUT2D eigenvalue weighted by Crippen LogP contribution is 2.51. The molecule has 2 atom stereocenters. The summed E-state index contributed by atoms with van der Waals surface area (Å²) in [4.78, 5) is 16.9. The molecule has 23 heavy (non-hydrogen) atoms. The molecular formula is C18H18N2O3. The maximum Gasteiger partial charge on any atom is 0.273 e. The van der Waals surface area contributed by atoms with E-state index >= 15 is 0 Å². The highest BCUT2D eigenvalue weighted by Gasteiger charge is 2.43. The van der Waals surface area contributed by atoms with Gasteiger partial charge in [-0.25, -0.2) is 0 Å².